The fraction of sp³-hybridized carbons (Fsp3) is 0.158. The van der Waals surface area contributed by atoms with E-state index in [1.54, 1.807) is 0 Å². The summed E-state index contributed by atoms with van der Waals surface area (Å²) >= 11 is 1.47. The largest absolute Gasteiger partial charge is 0.367 e. The molecule has 0 fully saturated rings. The molecule has 0 bridgehead atoms. The van der Waals surface area contributed by atoms with Crippen molar-refractivity contribution in [2.24, 2.45) is 0 Å². The van der Waals surface area contributed by atoms with Gasteiger partial charge in [0.05, 0.1) is 4.70 Å². The van der Waals surface area contributed by atoms with Gasteiger partial charge in [0.2, 0.25) is 0 Å². The van der Waals surface area contributed by atoms with Gasteiger partial charge in [-0.1, -0.05) is 23.8 Å². The number of H-pyrrole nitrogens is 1. The third kappa shape index (κ3) is 3.21. The van der Waals surface area contributed by atoms with Crippen molar-refractivity contribution in [2.45, 2.75) is 6.92 Å². The zero-order valence-electron chi connectivity index (χ0n) is 13.8. The highest BCUT2D eigenvalue weighted by Crippen LogP contribution is 2.25. The molecule has 0 atom stereocenters. The molecule has 3 N–H and O–H groups in total. The van der Waals surface area contributed by atoms with E-state index in [2.05, 4.69) is 32.1 Å². The van der Waals surface area contributed by atoms with E-state index >= 15 is 0 Å². The molecule has 25 heavy (non-hydrogen) atoms. The lowest BCUT2D eigenvalue weighted by Crippen LogP contribution is -2.29. The van der Waals surface area contributed by atoms with Crippen LogP contribution in [0.15, 0.2) is 48.5 Å². The number of carbonyl (C=O) groups is 1. The average molecular weight is 350 g/mol. The van der Waals surface area contributed by atoms with E-state index in [0.717, 1.165) is 26.8 Å². The van der Waals surface area contributed by atoms with E-state index < -0.39 is 0 Å². The SMILES string of the molecule is Cc1ccc2[nH]c(C(=O)NCCNc3nsc4ccccc34)cc2c1. The zero-order valence-corrected chi connectivity index (χ0v) is 14.6. The lowest BCUT2D eigenvalue weighted by molar-refractivity contribution is 0.0951. The Hall–Kier alpha value is -2.86. The molecule has 2 aromatic carbocycles. The number of fused-ring (bicyclic) bond motifs is 2. The maximum Gasteiger partial charge on any atom is 0.267 e. The van der Waals surface area contributed by atoms with Gasteiger partial charge in [-0.25, -0.2) is 0 Å². The summed E-state index contributed by atoms with van der Waals surface area (Å²) in [5, 5.41) is 8.38. The number of nitrogens with one attached hydrogen (secondary N) is 3. The summed E-state index contributed by atoms with van der Waals surface area (Å²) in [5.74, 6) is 0.773. The van der Waals surface area contributed by atoms with Gasteiger partial charge in [0, 0.05) is 29.4 Å². The minimum atomic E-state index is -0.0983. The van der Waals surface area contributed by atoms with Gasteiger partial charge < -0.3 is 15.6 Å². The lowest BCUT2D eigenvalue weighted by atomic mass is 10.2. The van der Waals surface area contributed by atoms with Crippen molar-refractivity contribution in [3.8, 4) is 0 Å². The Labute approximate surface area is 149 Å². The number of hydrogen-bond acceptors (Lipinski definition) is 4. The minimum Gasteiger partial charge on any atom is -0.367 e. The number of aromatic amines is 1. The summed E-state index contributed by atoms with van der Waals surface area (Å²) in [6, 6.07) is 16.1. The summed E-state index contributed by atoms with van der Waals surface area (Å²) in [7, 11) is 0. The molecule has 6 heteroatoms. The first-order valence-electron chi connectivity index (χ1n) is 8.16. The Balaban J connectivity index is 1.35. The number of aromatic nitrogens is 2. The highest BCUT2D eigenvalue weighted by Gasteiger charge is 2.09. The van der Waals surface area contributed by atoms with Gasteiger partial charge in [0.25, 0.3) is 5.91 Å². The first-order chi connectivity index (χ1) is 12.2. The van der Waals surface area contributed by atoms with E-state index in [1.165, 1.54) is 17.1 Å². The number of benzene rings is 2. The Morgan fingerprint density at radius 1 is 1.16 bits per heavy atom. The van der Waals surface area contributed by atoms with Crippen LogP contribution in [0.3, 0.4) is 0 Å². The van der Waals surface area contributed by atoms with Crippen LogP contribution in [0.1, 0.15) is 16.1 Å². The fourth-order valence-corrected chi connectivity index (χ4v) is 3.59. The Bertz CT molecular complexity index is 1050. The van der Waals surface area contributed by atoms with Gasteiger partial charge >= 0.3 is 0 Å². The lowest BCUT2D eigenvalue weighted by Gasteiger charge is -2.05. The van der Waals surface area contributed by atoms with E-state index in [9.17, 15) is 4.79 Å². The molecule has 0 aliphatic rings. The molecule has 1 amide bonds. The molecule has 2 heterocycles. The topological polar surface area (TPSA) is 69.8 Å². The van der Waals surface area contributed by atoms with Crippen LogP contribution >= 0.6 is 11.5 Å². The van der Waals surface area contributed by atoms with Crippen molar-refractivity contribution in [1.82, 2.24) is 14.7 Å². The minimum absolute atomic E-state index is 0.0983. The second kappa shape index (κ2) is 6.57. The molecular formula is C19H18N4OS. The highest BCUT2D eigenvalue weighted by molar-refractivity contribution is 7.13. The van der Waals surface area contributed by atoms with Crippen LogP contribution in [0, 0.1) is 6.92 Å². The molecule has 5 nitrogen and oxygen atoms in total. The van der Waals surface area contributed by atoms with Crippen LogP contribution in [0.5, 0.6) is 0 Å². The number of nitrogens with zero attached hydrogens (tertiary/aromatic N) is 1. The highest BCUT2D eigenvalue weighted by atomic mass is 32.1. The maximum atomic E-state index is 12.3. The molecule has 126 valence electrons. The van der Waals surface area contributed by atoms with Crippen molar-refractivity contribution in [3.05, 3.63) is 59.8 Å². The van der Waals surface area contributed by atoms with E-state index in [-0.39, 0.29) is 5.91 Å². The molecule has 0 radical (unpaired) electrons. The van der Waals surface area contributed by atoms with Crippen molar-refractivity contribution >= 4 is 44.2 Å². The maximum absolute atomic E-state index is 12.3. The summed E-state index contributed by atoms with van der Waals surface area (Å²) < 4.78 is 5.57. The zero-order chi connectivity index (χ0) is 17.2. The van der Waals surface area contributed by atoms with Gasteiger partial charge in [-0.2, -0.15) is 4.37 Å². The number of rotatable bonds is 5. The number of aryl methyl sites for hydroxylation is 1. The molecule has 0 aliphatic carbocycles. The van der Waals surface area contributed by atoms with Gasteiger partial charge in [-0.15, -0.1) is 0 Å². The molecular weight excluding hydrogens is 332 g/mol. The quantitative estimate of drug-likeness (QED) is 0.478. The monoisotopic (exact) mass is 350 g/mol. The third-order valence-corrected chi connectivity index (χ3v) is 4.93. The molecule has 0 spiro atoms. The van der Waals surface area contributed by atoms with Crippen LogP contribution in [0.25, 0.3) is 21.0 Å². The predicted molar refractivity (Wildman–Crippen MR) is 103 cm³/mol. The molecule has 0 saturated heterocycles. The molecule has 4 rings (SSSR count). The molecule has 4 aromatic rings. The first-order valence-corrected chi connectivity index (χ1v) is 8.94. The van der Waals surface area contributed by atoms with Gasteiger partial charge in [-0.3, -0.25) is 4.79 Å². The summed E-state index contributed by atoms with van der Waals surface area (Å²) in [5.41, 5.74) is 2.74. The molecule has 0 aliphatic heterocycles. The van der Waals surface area contributed by atoms with Crippen LogP contribution in [0.4, 0.5) is 5.82 Å². The Morgan fingerprint density at radius 2 is 2.04 bits per heavy atom. The summed E-state index contributed by atoms with van der Waals surface area (Å²) in [6.45, 7) is 3.19. The smallest absolute Gasteiger partial charge is 0.267 e. The number of carbonyl (C=O) groups excluding carboxylic acids is 1. The summed E-state index contributed by atoms with van der Waals surface area (Å²) in [4.78, 5) is 15.4. The van der Waals surface area contributed by atoms with E-state index in [0.29, 0.717) is 18.8 Å². The predicted octanol–water partition coefficient (Wildman–Crippen LogP) is 3.93. The van der Waals surface area contributed by atoms with Crippen LogP contribution < -0.4 is 10.6 Å². The van der Waals surface area contributed by atoms with E-state index in [1.807, 2.05) is 43.3 Å². The van der Waals surface area contributed by atoms with Crippen molar-refractivity contribution in [2.75, 3.05) is 18.4 Å². The van der Waals surface area contributed by atoms with Crippen molar-refractivity contribution < 1.29 is 4.79 Å². The van der Waals surface area contributed by atoms with Crippen molar-refractivity contribution in [1.29, 1.82) is 0 Å². The Kier molecular flexibility index (Phi) is 4.11. The van der Waals surface area contributed by atoms with Gasteiger partial charge in [0.1, 0.15) is 11.5 Å². The Morgan fingerprint density at radius 3 is 2.96 bits per heavy atom. The molecule has 0 saturated carbocycles. The van der Waals surface area contributed by atoms with Crippen molar-refractivity contribution in [3.63, 3.8) is 0 Å². The number of amides is 1. The standard InChI is InChI=1S/C19H18N4OS/c1-12-6-7-15-13(10-12)11-16(22-15)19(24)21-9-8-20-18-14-4-2-3-5-17(14)25-23-18/h2-7,10-11,22H,8-9H2,1H3,(H,20,23)(H,21,24). The van der Waals surface area contributed by atoms with Gasteiger partial charge in [0.15, 0.2) is 0 Å². The second-order valence-corrected chi connectivity index (χ2v) is 6.79. The van der Waals surface area contributed by atoms with Crippen LogP contribution in [-0.4, -0.2) is 28.4 Å². The number of hydrogen-bond donors (Lipinski definition) is 3. The normalized spacial score (nSPS) is 11.1. The first kappa shape index (κ1) is 15.7. The van der Waals surface area contributed by atoms with Gasteiger partial charge in [-0.05, 0) is 48.8 Å². The fourth-order valence-electron chi connectivity index (χ4n) is 2.84. The van der Waals surface area contributed by atoms with Crippen LogP contribution in [-0.2, 0) is 0 Å². The third-order valence-electron chi connectivity index (χ3n) is 4.10. The number of anilines is 1. The van der Waals surface area contributed by atoms with Crippen LogP contribution in [0.2, 0.25) is 0 Å². The summed E-state index contributed by atoms with van der Waals surface area (Å²) in [6.07, 6.45) is 0. The molecule has 2 aromatic heterocycles. The molecule has 0 unspecified atom stereocenters. The van der Waals surface area contributed by atoms with E-state index in [4.69, 9.17) is 0 Å². The average Bonchev–Trinajstić information content (AvgIpc) is 3.22. The second-order valence-electron chi connectivity index (χ2n) is 5.98.